The van der Waals surface area contributed by atoms with E-state index >= 15 is 0 Å². The van der Waals surface area contributed by atoms with Crippen LogP contribution in [0.4, 0.5) is 0 Å². The van der Waals surface area contributed by atoms with E-state index in [2.05, 4.69) is 11.1 Å². The molecule has 0 N–H and O–H groups in total. The third-order valence-corrected chi connectivity index (χ3v) is 4.86. The highest BCUT2D eigenvalue weighted by atomic mass is 35.5. The molecule has 0 unspecified atom stereocenters. The van der Waals surface area contributed by atoms with Crippen molar-refractivity contribution in [2.24, 2.45) is 0 Å². The Hall–Kier alpha value is -2.16. The zero-order chi connectivity index (χ0) is 17.8. The van der Waals surface area contributed by atoms with Crippen LogP contribution in [0.1, 0.15) is 31.2 Å². The van der Waals surface area contributed by atoms with Crippen LogP contribution in [0.15, 0.2) is 24.5 Å². The number of ether oxygens (including phenoxy) is 2. The number of benzene rings is 1. The van der Waals surface area contributed by atoms with Crippen molar-refractivity contribution >= 4 is 35.0 Å². The first-order chi connectivity index (χ1) is 12.1. The highest BCUT2D eigenvalue weighted by Crippen LogP contribution is 2.33. The summed E-state index contributed by atoms with van der Waals surface area (Å²) in [5, 5.41) is 9.80. The molecule has 2 aromatic rings. The van der Waals surface area contributed by atoms with E-state index in [4.69, 9.17) is 32.7 Å². The zero-order valence-corrected chi connectivity index (χ0v) is 15.2. The van der Waals surface area contributed by atoms with Crippen LogP contribution in [0.3, 0.4) is 0 Å². The number of imidazole rings is 1. The summed E-state index contributed by atoms with van der Waals surface area (Å²) in [4.78, 5) is 3.90. The molecule has 130 valence electrons. The van der Waals surface area contributed by atoms with Crippen LogP contribution in [-0.4, -0.2) is 22.8 Å². The molecular formula is C18H17Cl2N3O2. The molecule has 5 nitrogen and oxygen atoms in total. The fourth-order valence-corrected chi connectivity index (χ4v) is 3.17. The van der Waals surface area contributed by atoms with E-state index < -0.39 is 0 Å². The standard InChI is InChI=1S/C18H17Cl2N3O2/c1-24-15-7-6-12(9-16(15)25-14-4-2-3-5-14)8-13(10-21)23-11-22-17(19)18(23)20/h6-9,11,14H,2-5H2,1H3/b13-8-. The van der Waals surface area contributed by atoms with E-state index in [1.165, 1.54) is 23.7 Å². The maximum Gasteiger partial charge on any atom is 0.166 e. The fraction of sp³-hybridized carbons (Fsp3) is 0.333. The van der Waals surface area contributed by atoms with Crippen LogP contribution in [0.25, 0.3) is 11.8 Å². The summed E-state index contributed by atoms with van der Waals surface area (Å²) in [5.74, 6) is 1.35. The summed E-state index contributed by atoms with van der Waals surface area (Å²) in [6, 6.07) is 7.65. The lowest BCUT2D eigenvalue weighted by Gasteiger charge is -2.16. The van der Waals surface area contributed by atoms with Gasteiger partial charge in [0, 0.05) is 0 Å². The molecule has 0 bridgehead atoms. The van der Waals surface area contributed by atoms with E-state index in [0.29, 0.717) is 17.2 Å². The van der Waals surface area contributed by atoms with Gasteiger partial charge in [0.15, 0.2) is 21.8 Å². The van der Waals surface area contributed by atoms with Crippen LogP contribution in [-0.2, 0) is 0 Å². The van der Waals surface area contributed by atoms with Gasteiger partial charge in [0.2, 0.25) is 0 Å². The van der Waals surface area contributed by atoms with Gasteiger partial charge in [-0.05, 0) is 49.5 Å². The van der Waals surface area contributed by atoms with Gasteiger partial charge in [0.25, 0.3) is 0 Å². The second kappa shape index (κ2) is 7.81. The Balaban J connectivity index is 1.93. The lowest BCUT2D eigenvalue weighted by atomic mass is 10.1. The Morgan fingerprint density at radius 1 is 1.32 bits per heavy atom. The van der Waals surface area contributed by atoms with Gasteiger partial charge in [0.1, 0.15) is 18.1 Å². The minimum Gasteiger partial charge on any atom is -0.493 e. The van der Waals surface area contributed by atoms with Crippen molar-refractivity contribution in [2.75, 3.05) is 7.11 Å². The lowest BCUT2D eigenvalue weighted by molar-refractivity contribution is 0.201. The minimum atomic E-state index is 0.155. The van der Waals surface area contributed by atoms with E-state index in [9.17, 15) is 5.26 Å². The SMILES string of the molecule is COc1ccc(/C=C(/C#N)n2cnc(Cl)c2Cl)cc1OC1CCCC1. The average Bonchev–Trinajstić information content (AvgIpc) is 3.24. The van der Waals surface area contributed by atoms with Gasteiger partial charge in [-0.1, -0.05) is 29.3 Å². The average molecular weight is 378 g/mol. The molecule has 0 spiro atoms. The van der Waals surface area contributed by atoms with Crippen molar-refractivity contribution in [1.29, 1.82) is 5.26 Å². The first-order valence-corrected chi connectivity index (χ1v) is 8.73. The molecule has 1 heterocycles. The first kappa shape index (κ1) is 17.7. The van der Waals surface area contributed by atoms with Crippen LogP contribution >= 0.6 is 23.2 Å². The van der Waals surface area contributed by atoms with Crippen LogP contribution < -0.4 is 9.47 Å². The summed E-state index contributed by atoms with van der Waals surface area (Å²) in [6.07, 6.45) is 7.80. The number of allylic oxidation sites excluding steroid dienone is 1. The third kappa shape index (κ3) is 3.92. The van der Waals surface area contributed by atoms with E-state index in [0.717, 1.165) is 18.4 Å². The van der Waals surface area contributed by atoms with Crippen LogP contribution in [0.5, 0.6) is 11.5 Å². The first-order valence-electron chi connectivity index (χ1n) is 7.97. The minimum absolute atomic E-state index is 0.155. The molecule has 1 saturated carbocycles. The number of hydrogen-bond donors (Lipinski definition) is 0. The number of hydrogen-bond acceptors (Lipinski definition) is 4. The molecule has 25 heavy (non-hydrogen) atoms. The number of nitrogens with zero attached hydrogens (tertiary/aromatic N) is 3. The Morgan fingerprint density at radius 3 is 2.68 bits per heavy atom. The van der Waals surface area contributed by atoms with Gasteiger partial charge >= 0.3 is 0 Å². The fourth-order valence-electron chi connectivity index (χ4n) is 2.85. The van der Waals surface area contributed by atoms with Gasteiger partial charge < -0.3 is 9.47 Å². The largest absolute Gasteiger partial charge is 0.493 e. The molecule has 0 radical (unpaired) electrons. The number of nitriles is 1. The number of rotatable bonds is 5. The molecule has 0 aliphatic heterocycles. The van der Waals surface area contributed by atoms with Gasteiger partial charge in [0.05, 0.1) is 13.2 Å². The highest BCUT2D eigenvalue weighted by molar-refractivity contribution is 6.40. The van der Waals surface area contributed by atoms with Crippen molar-refractivity contribution in [2.45, 2.75) is 31.8 Å². The van der Waals surface area contributed by atoms with Gasteiger partial charge in [-0.2, -0.15) is 5.26 Å². The zero-order valence-electron chi connectivity index (χ0n) is 13.7. The molecule has 1 aliphatic carbocycles. The molecular weight excluding hydrogens is 361 g/mol. The Kier molecular flexibility index (Phi) is 5.52. The summed E-state index contributed by atoms with van der Waals surface area (Å²) < 4.78 is 12.9. The van der Waals surface area contributed by atoms with Crippen molar-refractivity contribution in [3.8, 4) is 17.6 Å². The van der Waals surface area contributed by atoms with Gasteiger partial charge in [-0.25, -0.2) is 4.98 Å². The summed E-state index contributed by atoms with van der Waals surface area (Å²) in [5.41, 5.74) is 1.10. The number of methoxy groups -OCH3 is 1. The quantitative estimate of drug-likeness (QED) is 0.684. The maximum atomic E-state index is 9.45. The Labute approximate surface area is 156 Å². The predicted molar refractivity (Wildman–Crippen MR) is 97.9 cm³/mol. The summed E-state index contributed by atoms with van der Waals surface area (Å²) >= 11 is 11.9. The molecule has 1 fully saturated rings. The smallest absolute Gasteiger partial charge is 0.166 e. The molecule has 1 aliphatic rings. The number of aromatic nitrogens is 2. The molecule has 1 aromatic carbocycles. The molecule has 1 aromatic heterocycles. The van der Waals surface area contributed by atoms with Crippen LogP contribution in [0.2, 0.25) is 10.3 Å². The van der Waals surface area contributed by atoms with Crippen molar-refractivity contribution in [3.63, 3.8) is 0 Å². The topological polar surface area (TPSA) is 60.1 Å². The molecule has 0 atom stereocenters. The summed E-state index contributed by atoms with van der Waals surface area (Å²) in [6.45, 7) is 0. The van der Waals surface area contributed by atoms with Crippen molar-refractivity contribution in [1.82, 2.24) is 9.55 Å². The normalized spacial score (nSPS) is 15.2. The van der Waals surface area contributed by atoms with Crippen LogP contribution in [0, 0.1) is 11.3 Å². The van der Waals surface area contributed by atoms with E-state index in [1.807, 2.05) is 18.2 Å². The molecule has 7 heteroatoms. The van der Waals surface area contributed by atoms with E-state index in [-0.39, 0.29) is 16.4 Å². The molecule has 3 rings (SSSR count). The molecule has 0 saturated heterocycles. The maximum absolute atomic E-state index is 9.45. The van der Waals surface area contributed by atoms with E-state index in [1.54, 1.807) is 13.2 Å². The Morgan fingerprint density at radius 2 is 2.08 bits per heavy atom. The highest BCUT2D eigenvalue weighted by Gasteiger charge is 2.18. The lowest BCUT2D eigenvalue weighted by Crippen LogP contribution is -2.11. The van der Waals surface area contributed by atoms with Gasteiger partial charge in [-0.3, -0.25) is 4.57 Å². The third-order valence-electron chi connectivity index (χ3n) is 4.13. The number of halogens is 2. The van der Waals surface area contributed by atoms with Crippen molar-refractivity contribution < 1.29 is 9.47 Å². The summed E-state index contributed by atoms with van der Waals surface area (Å²) in [7, 11) is 1.61. The predicted octanol–water partition coefficient (Wildman–Crippen LogP) is 5.04. The Bertz CT molecular complexity index is 833. The van der Waals surface area contributed by atoms with Crippen molar-refractivity contribution in [3.05, 3.63) is 40.4 Å². The molecule has 0 amide bonds. The second-order valence-corrected chi connectivity index (χ2v) is 6.49. The monoisotopic (exact) mass is 377 g/mol. The second-order valence-electron chi connectivity index (χ2n) is 5.77. The van der Waals surface area contributed by atoms with Gasteiger partial charge in [-0.15, -0.1) is 0 Å².